The molecule has 0 nitrogen and oxygen atoms in total. The number of hydrogen-bond donors (Lipinski definition) is 0. The zero-order chi connectivity index (χ0) is 0. The first-order valence-corrected chi connectivity index (χ1v) is 0. The second kappa shape index (κ2) is 48.4. The fourth-order valence-electron chi connectivity index (χ4n) is 0. The zero-order valence-electron chi connectivity index (χ0n) is 1.54. The van der Waals surface area contributed by atoms with E-state index in [1.165, 1.54) is 0 Å². The molecule has 0 unspecified atom stereocenters. The zero-order valence-corrected chi connectivity index (χ0v) is 5.55. The molecule has 0 aliphatic carbocycles. The van der Waals surface area contributed by atoms with Crippen LogP contribution in [0.4, 0.5) is 0 Å². The number of rotatable bonds is 0. The minimum absolute atomic E-state index is 0. The van der Waals surface area contributed by atoms with Gasteiger partial charge in [-0.25, -0.2) is 0 Å². The van der Waals surface area contributed by atoms with Crippen LogP contribution in [0, 0.1) is 0 Å². The molecule has 0 aromatic heterocycles. The van der Waals surface area contributed by atoms with Crippen LogP contribution < -0.4 is 0 Å². The van der Waals surface area contributed by atoms with Crippen molar-refractivity contribution in [1.29, 1.82) is 0 Å². The summed E-state index contributed by atoms with van der Waals surface area (Å²) >= 11 is 0. The van der Waals surface area contributed by atoms with Crippen molar-refractivity contribution in [2.45, 2.75) is 7.43 Å². The van der Waals surface area contributed by atoms with E-state index in [1.54, 1.807) is 0 Å². The largest absolute Gasteiger partial charge is 0.147 e. The summed E-state index contributed by atoms with van der Waals surface area (Å²) in [5.41, 5.74) is 0. The van der Waals surface area contributed by atoms with Gasteiger partial charge < -0.3 is 0 Å². The molecule has 0 saturated heterocycles. The van der Waals surface area contributed by atoms with E-state index in [4.69, 9.17) is 0 Å². The topological polar surface area (TPSA) is 0 Å². The number of halogens is 3. The van der Waals surface area contributed by atoms with Crippen molar-refractivity contribution in [1.82, 2.24) is 0 Å². The van der Waals surface area contributed by atoms with Crippen molar-refractivity contribution in [3.8, 4) is 0 Å². The van der Waals surface area contributed by atoms with Crippen LogP contribution >= 0.6 is 37.2 Å². The molecule has 0 aromatic carbocycles. The first kappa shape index (κ1) is 85.1. The quantitative estimate of drug-likeness (QED) is 0.559. The predicted octanol–water partition coefficient (Wildman–Crippen LogP) is 1.90. The van der Waals surface area contributed by atoms with Crippen LogP contribution in [0.15, 0.2) is 0 Å². The maximum Gasteiger partial charge on any atom is 0 e. The maximum atomic E-state index is 0. The van der Waals surface area contributed by atoms with Crippen molar-refractivity contribution in [3.63, 3.8) is 0 Å². The Balaban J connectivity index is 0. The first-order chi connectivity index (χ1) is 0. The van der Waals surface area contributed by atoms with Gasteiger partial charge in [-0.15, -0.1) is 37.2 Å². The van der Waals surface area contributed by atoms with Gasteiger partial charge >= 0.3 is 0 Å². The van der Waals surface area contributed by atoms with Crippen LogP contribution in [0.5, 0.6) is 0 Å². The second-order valence-corrected chi connectivity index (χ2v) is 0. The molecule has 0 heterocycles. The molecule has 0 aromatic rings. The van der Waals surface area contributed by atoms with Crippen LogP contribution in [0.3, 0.4) is 0 Å². The Labute approximate surface area is 65.0 Å². The van der Waals surface area contributed by atoms with Gasteiger partial charge in [-0.1, -0.05) is 7.43 Å². The van der Waals surface area contributed by atoms with Crippen LogP contribution in [-0.2, 0) is 20.4 Å². The Morgan fingerprint density at radius 3 is 0.600 bits per heavy atom. The summed E-state index contributed by atoms with van der Waals surface area (Å²) in [4.78, 5) is 0. The predicted molar refractivity (Wildman–Crippen MR) is 28.5 cm³/mol. The van der Waals surface area contributed by atoms with E-state index in [0.29, 0.717) is 0 Å². The summed E-state index contributed by atoms with van der Waals surface area (Å²) in [7, 11) is 0. The molecule has 0 fully saturated rings. The van der Waals surface area contributed by atoms with Crippen molar-refractivity contribution >= 4 is 37.2 Å². The van der Waals surface area contributed by atoms with Crippen molar-refractivity contribution in [2.75, 3.05) is 0 Å². The van der Waals surface area contributed by atoms with Crippen LogP contribution in [-0.4, -0.2) is 0 Å². The van der Waals surface area contributed by atoms with Crippen LogP contribution in [0.1, 0.15) is 7.43 Å². The van der Waals surface area contributed by atoms with E-state index in [2.05, 4.69) is 0 Å². The van der Waals surface area contributed by atoms with Crippen molar-refractivity contribution in [2.24, 2.45) is 0 Å². The molecule has 0 amide bonds. The SMILES string of the molecule is C.Cl.Cl.Cl.[Pd]. The molecular weight excluding hydrogens is 225 g/mol. The molecule has 0 rings (SSSR count). The van der Waals surface area contributed by atoms with Gasteiger partial charge in [-0.2, -0.15) is 0 Å². The van der Waals surface area contributed by atoms with E-state index in [9.17, 15) is 0 Å². The molecule has 0 atom stereocenters. The van der Waals surface area contributed by atoms with Crippen LogP contribution in [0.2, 0.25) is 0 Å². The van der Waals surface area contributed by atoms with Gasteiger partial charge in [0.2, 0.25) is 0 Å². The smallest absolute Gasteiger partial charge is 0 e. The molecular formula is CH7Cl3Pd. The second-order valence-electron chi connectivity index (χ2n) is 0. The van der Waals surface area contributed by atoms with E-state index < -0.39 is 0 Å². The summed E-state index contributed by atoms with van der Waals surface area (Å²) in [6.07, 6.45) is 0. The van der Waals surface area contributed by atoms with Gasteiger partial charge in [0.25, 0.3) is 0 Å². The first-order valence-electron chi connectivity index (χ1n) is 0. The molecule has 5 heavy (non-hydrogen) atoms. The Bertz CT molecular complexity index is 6.85. The molecule has 0 aliphatic rings. The molecule has 0 aliphatic heterocycles. The van der Waals surface area contributed by atoms with Crippen molar-refractivity contribution in [3.05, 3.63) is 0 Å². The van der Waals surface area contributed by atoms with Gasteiger partial charge in [0.15, 0.2) is 0 Å². The Morgan fingerprint density at radius 2 is 0.600 bits per heavy atom. The Hall–Kier alpha value is 1.53. The average molecular weight is 232 g/mol. The third-order valence-corrected chi connectivity index (χ3v) is 0. The summed E-state index contributed by atoms with van der Waals surface area (Å²) in [5, 5.41) is 0. The summed E-state index contributed by atoms with van der Waals surface area (Å²) in [6, 6.07) is 0. The molecule has 0 spiro atoms. The molecule has 4 heteroatoms. The summed E-state index contributed by atoms with van der Waals surface area (Å²) < 4.78 is 0. The van der Waals surface area contributed by atoms with Gasteiger partial charge in [0.1, 0.15) is 0 Å². The van der Waals surface area contributed by atoms with Gasteiger partial charge in [0, 0.05) is 20.4 Å². The number of hydrogen-bond acceptors (Lipinski definition) is 0. The van der Waals surface area contributed by atoms with Gasteiger partial charge in [-0.3, -0.25) is 0 Å². The molecule has 42 valence electrons. The Kier molecular flexibility index (Phi) is 824. The molecule has 0 saturated carbocycles. The van der Waals surface area contributed by atoms with E-state index >= 15 is 0 Å². The van der Waals surface area contributed by atoms with Gasteiger partial charge in [-0.05, 0) is 0 Å². The maximum absolute atomic E-state index is 0. The van der Waals surface area contributed by atoms with Crippen molar-refractivity contribution < 1.29 is 20.4 Å². The van der Waals surface area contributed by atoms with E-state index in [0.717, 1.165) is 0 Å². The molecule has 0 bridgehead atoms. The minimum atomic E-state index is 0. The standard InChI is InChI=1S/CH4.3ClH.Pd/h1H4;3*1H;. The van der Waals surface area contributed by atoms with Gasteiger partial charge in [0.05, 0.1) is 0 Å². The normalized spacial score (nSPS) is 0. The summed E-state index contributed by atoms with van der Waals surface area (Å²) in [6.45, 7) is 0. The molecule has 0 N–H and O–H groups in total. The van der Waals surface area contributed by atoms with Crippen LogP contribution in [0.25, 0.3) is 0 Å². The fourth-order valence-corrected chi connectivity index (χ4v) is 0. The van der Waals surface area contributed by atoms with E-state index in [1.807, 2.05) is 0 Å². The fraction of sp³-hybridized carbons (Fsp3) is 1.00. The average Bonchev–Trinajstić information content (AvgIpc) is 0. The monoisotopic (exact) mass is 230 g/mol. The third kappa shape index (κ3) is 29.4. The summed E-state index contributed by atoms with van der Waals surface area (Å²) in [5.74, 6) is 0. The third-order valence-electron chi connectivity index (χ3n) is 0. The van der Waals surface area contributed by atoms with E-state index in [-0.39, 0.29) is 65.1 Å². The molecule has 0 radical (unpaired) electrons. The Morgan fingerprint density at radius 1 is 0.600 bits per heavy atom. The minimum Gasteiger partial charge on any atom is -0.147 e.